The van der Waals surface area contributed by atoms with Crippen LogP contribution in [0, 0.1) is 0 Å². The van der Waals surface area contributed by atoms with E-state index in [1.54, 1.807) is 5.38 Å². The van der Waals surface area contributed by atoms with Gasteiger partial charge in [0.1, 0.15) is 5.69 Å². The Bertz CT molecular complexity index is 244. The topological polar surface area (TPSA) is 30.0 Å². The van der Waals surface area contributed by atoms with Crippen LogP contribution >= 0.6 is 24.0 Å². The first-order valence-electron chi connectivity index (χ1n) is 2.89. The van der Waals surface area contributed by atoms with Crippen molar-refractivity contribution in [3.05, 3.63) is 11.1 Å². The van der Waals surface area contributed by atoms with Gasteiger partial charge in [-0.15, -0.1) is 11.3 Å². The highest BCUT2D eigenvalue weighted by Crippen LogP contribution is 2.13. The van der Waals surface area contributed by atoms with Gasteiger partial charge in [-0.1, -0.05) is 6.92 Å². The molecule has 1 aromatic rings. The van der Waals surface area contributed by atoms with Crippen molar-refractivity contribution in [3.8, 4) is 0 Å². The van der Waals surface area contributed by atoms with Gasteiger partial charge in [0, 0.05) is 11.8 Å². The van der Waals surface area contributed by atoms with Crippen molar-refractivity contribution in [1.82, 2.24) is 4.98 Å². The van der Waals surface area contributed by atoms with E-state index < -0.39 is 0 Å². The van der Waals surface area contributed by atoms with Gasteiger partial charge in [-0.25, -0.2) is 4.98 Å². The third-order valence-corrected chi connectivity index (χ3v) is 2.10. The summed E-state index contributed by atoms with van der Waals surface area (Å²) < 4.78 is 0.539. The molecule has 0 unspecified atom stereocenters. The number of Topliss-reactive ketones (excluding diaryl/α,β-unsaturated/α-hetero) is 1. The van der Waals surface area contributed by atoms with E-state index in [1.165, 1.54) is 11.3 Å². The molecule has 2 nitrogen and oxygen atoms in total. The Kier molecular flexibility index (Phi) is 2.34. The van der Waals surface area contributed by atoms with Crippen LogP contribution in [0.4, 0.5) is 0 Å². The minimum Gasteiger partial charge on any atom is -0.292 e. The lowest BCUT2D eigenvalue weighted by atomic mass is 10.2. The van der Waals surface area contributed by atoms with E-state index in [1.807, 2.05) is 6.92 Å². The second kappa shape index (κ2) is 3.07. The quantitative estimate of drug-likeness (QED) is 0.641. The first-order chi connectivity index (χ1) is 4.74. The molecular formula is C6H6NOS2. The Labute approximate surface area is 68.7 Å². The molecule has 0 aromatic carbocycles. The predicted molar refractivity (Wildman–Crippen MR) is 42.6 cm³/mol. The zero-order valence-electron chi connectivity index (χ0n) is 5.46. The van der Waals surface area contributed by atoms with Gasteiger partial charge >= 0.3 is 0 Å². The molecule has 0 spiro atoms. The molecule has 0 saturated carbocycles. The standard InChI is InChI=1S/C6H6NOS2/c1-2-5(8)4-3-10-6(9)7-4/h3H,2H2,1H3. The van der Waals surface area contributed by atoms with Crippen molar-refractivity contribution in [2.45, 2.75) is 17.7 Å². The summed E-state index contributed by atoms with van der Waals surface area (Å²) in [4.78, 5) is 14.8. The van der Waals surface area contributed by atoms with Gasteiger partial charge < -0.3 is 0 Å². The van der Waals surface area contributed by atoms with Gasteiger partial charge in [0.15, 0.2) is 10.1 Å². The second-order valence-electron chi connectivity index (χ2n) is 1.78. The summed E-state index contributed by atoms with van der Waals surface area (Å²) in [6.45, 7) is 1.81. The van der Waals surface area contributed by atoms with Crippen molar-refractivity contribution in [2.75, 3.05) is 0 Å². The fourth-order valence-electron chi connectivity index (χ4n) is 0.566. The molecule has 0 amide bonds. The first-order valence-corrected chi connectivity index (χ1v) is 4.18. The molecule has 0 bridgehead atoms. The zero-order chi connectivity index (χ0) is 7.56. The average Bonchev–Trinajstić information content (AvgIpc) is 2.34. The van der Waals surface area contributed by atoms with Crippen LogP contribution in [-0.4, -0.2) is 10.8 Å². The Hall–Kier alpha value is -0.480. The molecule has 0 N–H and O–H groups in total. The van der Waals surface area contributed by atoms with Crippen molar-refractivity contribution >= 4 is 29.7 Å². The normalized spacial score (nSPS) is 9.70. The Morgan fingerprint density at radius 1 is 1.90 bits per heavy atom. The van der Waals surface area contributed by atoms with Gasteiger partial charge in [0.2, 0.25) is 0 Å². The first kappa shape index (κ1) is 7.63. The van der Waals surface area contributed by atoms with Crippen molar-refractivity contribution in [3.63, 3.8) is 0 Å². The Morgan fingerprint density at radius 3 is 3.00 bits per heavy atom. The molecule has 1 aromatic heterocycles. The molecule has 10 heavy (non-hydrogen) atoms. The summed E-state index contributed by atoms with van der Waals surface area (Å²) in [6, 6.07) is 0. The number of carbonyl (C=O) groups is 1. The van der Waals surface area contributed by atoms with E-state index in [-0.39, 0.29) is 5.78 Å². The van der Waals surface area contributed by atoms with E-state index in [2.05, 4.69) is 4.98 Å². The van der Waals surface area contributed by atoms with Crippen LogP contribution in [0.5, 0.6) is 0 Å². The molecule has 0 aliphatic rings. The number of nitrogens with zero attached hydrogens (tertiary/aromatic N) is 1. The van der Waals surface area contributed by atoms with Gasteiger partial charge in [-0.2, -0.15) is 0 Å². The highest BCUT2D eigenvalue weighted by atomic mass is 32.2. The number of aromatic nitrogens is 1. The monoisotopic (exact) mass is 172 g/mol. The molecule has 0 atom stereocenters. The van der Waals surface area contributed by atoms with Gasteiger partial charge in [-0.05, 0) is 12.6 Å². The van der Waals surface area contributed by atoms with Crippen LogP contribution in [0.2, 0.25) is 0 Å². The number of hydrogen-bond donors (Lipinski definition) is 0. The Morgan fingerprint density at radius 2 is 2.60 bits per heavy atom. The summed E-state index contributed by atoms with van der Waals surface area (Å²) >= 11 is 6.09. The van der Waals surface area contributed by atoms with Gasteiger partial charge in [-0.3, -0.25) is 4.79 Å². The van der Waals surface area contributed by atoms with E-state index in [0.717, 1.165) is 0 Å². The number of rotatable bonds is 2. The van der Waals surface area contributed by atoms with Gasteiger partial charge in [0.05, 0.1) is 0 Å². The zero-order valence-corrected chi connectivity index (χ0v) is 7.09. The van der Waals surface area contributed by atoms with E-state index >= 15 is 0 Å². The minimum atomic E-state index is 0.0624. The van der Waals surface area contributed by atoms with Crippen LogP contribution in [0.15, 0.2) is 9.72 Å². The van der Waals surface area contributed by atoms with Crippen LogP contribution in [-0.2, 0) is 0 Å². The average molecular weight is 172 g/mol. The fraction of sp³-hybridized carbons (Fsp3) is 0.333. The summed E-state index contributed by atoms with van der Waals surface area (Å²) in [5, 5.41) is 1.70. The number of ketones is 1. The maximum atomic E-state index is 10.9. The molecule has 1 rings (SSSR count). The molecule has 4 heteroatoms. The molecule has 53 valence electrons. The number of thiazole rings is 1. The minimum absolute atomic E-state index is 0.0624. The summed E-state index contributed by atoms with van der Waals surface area (Å²) in [5.41, 5.74) is 0.512. The largest absolute Gasteiger partial charge is 0.292 e. The van der Waals surface area contributed by atoms with Crippen molar-refractivity contribution < 1.29 is 4.79 Å². The SMILES string of the molecule is CCC(=O)c1csc([S])n1. The van der Waals surface area contributed by atoms with E-state index in [4.69, 9.17) is 12.6 Å². The van der Waals surface area contributed by atoms with Crippen LogP contribution in [0.1, 0.15) is 23.8 Å². The summed E-state index contributed by atoms with van der Waals surface area (Å²) in [6.07, 6.45) is 0.499. The maximum absolute atomic E-state index is 10.9. The number of carbonyl (C=O) groups excluding carboxylic acids is 1. The lowest BCUT2D eigenvalue weighted by Crippen LogP contribution is -1.95. The molecular weight excluding hydrogens is 166 g/mol. The smallest absolute Gasteiger partial charge is 0.181 e. The molecule has 1 radical (unpaired) electrons. The molecule has 0 aliphatic carbocycles. The van der Waals surface area contributed by atoms with Crippen LogP contribution < -0.4 is 0 Å². The van der Waals surface area contributed by atoms with Crippen molar-refractivity contribution in [2.24, 2.45) is 0 Å². The third-order valence-electron chi connectivity index (χ3n) is 1.09. The second-order valence-corrected chi connectivity index (χ2v) is 3.28. The van der Waals surface area contributed by atoms with Gasteiger partial charge in [0.25, 0.3) is 0 Å². The predicted octanol–water partition coefficient (Wildman–Crippen LogP) is 2.29. The van der Waals surface area contributed by atoms with Crippen LogP contribution in [0.3, 0.4) is 0 Å². The van der Waals surface area contributed by atoms with Crippen LogP contribution in [0.25, 0.3) is 0 Å². The highest BCUT2D eigenvalue weighted by Gasteiger charge is 2.05. The lowest BCUT2D eigenvalue weighted by Gasteiger charge is -1.85. The van der Waals surface area contributed by atoms with E-state index in [9.17, 15) is 4.79 Å². The molecule has 0 saturated heterocycles. The lowest BCUT2D eigenvalue weighted by molar-refractivity contribution is 0.0983. The summed E-state index contributed by atoms with van der Waals surface area (Å²) in [5.74, 6) is 0.0624. The highest BCUT2D eigenvalue weighted by molar-refractivity contribution is 7.82. The summed E-state index contributed by atoms with van der Waals surface area (Å²) in [7, 11) is 0. The Balaban J connectivity index is 2.85. The fourth-order valence-corrected chi connectivity index (χ4v) is 1.36. The molecule has 1 heterocycles. The molecule has 0 aliphatic heterocycles. The van der Waals surface area contributed by atoms with Crippen molar-refractivity contribution in [1.29, 1.82) is 0 Å². The number of hydrogen-bond acceptors (Lipinski definition) is 3. The van der Waals surface area contributed by atoms with E-state index in [0.29, 0.717) is 16.5 Å². The molecule has 0 fully saturated rings. The maximum Gasteiger partial charge on any atom is 0.181 e. The third kappa shape index (κ3) is 1.52.